The van der Waals surface area contributed by atoms with E-state index in [0.717, 1.165) is 0 Å². The fourth-order valence-corrected chi connectivity index (χ4v) is 0. The molecule has 0 aliphatic rings. The van der Waals surface area contributed by atoms with Gasteiger partial charge in [0.25, 0.3) is 0 Å². The van der Waals surface area contributed by atoms with Crippen molar-refractivity contribution in [1.82, 2.24) is 0 Å². The molecule has 0 aliphatic carbocycles. The molecule has 0 aromatic heterocycles. The number of hydrogen-bond acceptors (Lipinski definition) is 0. The van der Waals surface area contributed by atoms with Gasteiger partial charge in [-0.1, -0.05) is 0 Å². The quantitative estimate of drug-likeness (QED) is 0.522. The molecule has 37 valence electrons. The van der Waals surface area contributed by atoms with Gasteiger partial charge in [-0.25, -0.2) is 0 Å². The largest absolute Gasteiger partial charge is 5.00 e. The van der Waals surface area contributed by atoms with E-state index in [2.05, 4.69) is 0 Å². The minimum absolute atomic E-state index is 0. The van der Waals surface area contributed by atoms with Gasteiger partial charge in [0.2, 0.25) is 0 Å². The Kier molecular flexibility index (Phi) is 3700. The predicted octanol–water partition coefficient (Wildman–Crippen LogP) is -0.480. The monoisotopic (exact) mass is 259 g/mol. The summed E-state index contributed by atoms with van der Waals surface area (Å²) in [4.78, 5) is 0. The normalized spacial score (nSPS) is 0. The van der Waals surface area contributed by atoms with E-state index in [1.54, 1.807) is 0 Å². The van der Waals surface area contributed by atoms with E-state index in [1.807, 2.05) is 0 Å². The Bertz CT molecular complexity index is 7.51. The van der Waals surface area contributed by atoms with Gasteiger partial charge in [-0.15, -0.1) is 0 Å². The molecule has 0 saturated carbocycles. The minimum atomic E-state index is 0. The van der Waals surface area contributed by atoms with Crippen LogP contribution in [0.15, 0.2) is 0 Å². The molecule has 0 aliphatic heterocycles. The van der Waals surface area contributed by atoms with E-state index in [4.69, 9.17) is 0 Å². The van der Waals surface area contributed by atoms with Crippen molar-refractivity contribution in [3.8, 4) is 0 Å². The molecule has 6 heavy (non-hydrogen) atoms. The molecule has 0 saturated heterocycles. The second-order valence-corrected chi connectivity index (χ2v) is 0. The van der Waals surface area contributed by atoms with Gasteiger partial charge in [-0.2, -0.15) is 0 Å². The Morgan fingerprint density at radius 1 is 0.500 bits per heavy atom. The van der Waals surface area contributed by atoms with Gasteiger partial charge in [0.1, 0.15) is 0 Å². The molecule has 0 atom stereocenters. The molecule has 0 aromatic carbocycles. The summed E-state index contributed by atoms with van der Waals surface area (Å²) in [5, 5.41) is 0. The Hall–Kier alpha value is 1.20. The molecule has 0 amide bonds. The number of rotatable bonds is 0. The maximum absolute atomic E-state index is 0. The van der Waals surface area contributed by atoms with E-state index >= 15 is 0 Å². The topological polar surface area (TPSA) is 114 Å². The maximum atomic E-state index is 0. The average Bonchev–Trinajstić information content (AvgIpc) is 0. The molecule has 0 aromatic rings. The Morgan fingerprint density at radius 3 is 0.500 bits per heavy atom. The molecular weight excluding hydrogens is 258 g/mol. The molecule has 0 unspecified atom stereocenters. The molecule has 0 heterocycles. The fraction of sp³-hybridized carbons (Fsp3) is 0. The molecule has 0 N–H and O–H groups in total. The van der Waals surface area contributed by atoms with Crippen molar-refractivity contribution in [3.05, 3.63) is 0 Å². The third-order valence-electron chi connectivity index (χ3n) is 0. The third kappa shape index (κ3) is 63.5. The second-order valence-electron chi connectivity index (χ2n) is 0. The summed E-state index contributed by atoms with van der Waals surface area (Å²) in [7, 11) is 0. The van der Waals surface area contributed by atoms with Crippen molar-refractivity contribution in [3.63, 3.8) is 0 Å². The van der Waals surface area contributed by atoms with Crippen LogP contribution in [-0.4, -0.2) is 0 Å². The van der Waals surface area contributed by atoms with E-state index in [1.165, 1.54) is 0 Å². The standard InChI is InChI=1S/Nb.4O.Ru/q+5;4*-2;+3. The Balaban J connectivity index is 0. The summed E-state index contributed by atoms with van der Waals surface area (Å²) in [6.07, 6.45) is 0. The first-order valence-electron chi connectivity index (χ1n) is 0. The van der Waals surface area contributed by atoms with Gasteiger partial charge in [0, 0.05) is 0 Å². The molecule has 1 radical (unpaired) electrons. The van der Waals surface area contributed by atoms with Gasteiger partial charge in [-0.3, -0.25) is 0 Å². The Labute approximate surface area is 63.8 Å². The summed E-state index contributed by atoms with van der Waals surface area (Å²) in [6.45, 7) is 0. The van der Waals surface area contributed by atoms with Crippen molar-refractivity contribution >= 4 is 0 Å². The van der Waals surface area contributed by atoms with Crippen LogP contribution in [0.1, 0.15) is 0 Å². The summed E-state index contributed by atoms with van der Waals surface area (Å²) in [5.41, 5.74) is 0. The zero-order valence-electron chi connectivity index (χ0n) is 2.43. The van der Waals surface area contributed by atoms with Crippen LogP contribution < -0.4 is 0 Å². The second kappa shape index (κ2) is 116. The third-order valence-corrected chi connectivity index (χ3v) is 0. The molecule has 0 bridgehead atoms. The smallest absolute Gasteiger partial charge is 2.00 e. The molecule has 0 rings (SSSR count). The van der Waals surface area contributed by atoms with Crippen molar-refractivity contribution in [2.24, 2.45) is 0 Å². The van der Waals surface area contributed by atoms with Gasteiger partial charge in [-0.05, 0) is 0 Å². The summed E-state index contributed by atoms with van der Waals surface area (Å²) < 4.78 is 0. The zero-order chi connectivity index (χ0) is 0. The first kappa shape index (κ1) is 191. The first-order chi connectivity index (χ1) is 0. The zero-order valence-corrected chi connectivity index (χ0v) is 6.37. The van der Waals surface area contributed by atoms with Gasteiger partial charge in [0.05, 0.1) is 0 Å². The van der Waals surface area contributed by atoms with Crippen molar-refractivity contribution < 1.29 is 63.8 Å². The predicted molar refractivity (Wildman–Crippen MR) is 2.75 cm³/mol. The average molecular weight is 258 g/mol. The van der Waals surface area contributed by atoms with Crippen molar-refractivity contribution in [2.45, 2.75) is 0 Å². The summed E-state index contributed by atoms with van der Waals surface area (Å²) in [6, 6.07) is 0. The molecule has 0 fully saturated rings. The van der Waals surface area contributed by atoms with E-state index in [0.29, 0.717) is 0 Å². The van der Waals surface area contributed by atoms with Crippen LogP contribution in [0.4, 0.5) is 0 Å². The first-order valence-corrected chi connectivity index (χ1v) is 0. The summed E-state index contributed by atoms with van der Waals surface area (Å²) in [5.74, 6) is 0. The van der Waals surface area contributed by atoms with Crippen molar-refractivity contribution in [1.29, 1.82) is 0 Å². The Morgan fingerprint density at radius 2 is 0.500 bits per heavy atom. The number of hydrogen-bond donors (Lipinski definition) is 0. The van der Waals surface area contributed by atoms with Crippen LogP contribution in [0.25, 0.3) is 0 Å². The van der Waals surface area contributed by atoms with E-state index in [-0.39, 0.29) is 63.8 Å². The van der Waals surface area contributed by atoms with Crippen molar-refractivity contribution in [2.75, 3.05) is 0 Å². The van der Waals surface area contributed by atoms with Crippen LogP contribution in [-0.2, 0) is 63.8 Å². The summed E-state index contributed by atoms with van der Waals surface area (Å²) >= 11 is 0. The fourth-order valence-electron chi connectivity index (χ4n) is 0. The van der Waals surface area contributed by atoms with Gasteiger partial charge in [0.15, 0.2) is 0 Å². The van der Waals surface area contributed by atoms with E-state index < -0.39 is 0 Å². The molecule has 4 nitrogen and oxygen atoms in total. The SMILES string of the molecule is [Nb+5].[O-2].[O-2].[O-2].[O-2].[Ru+3]. The van der Waals surface area contributed by atoms with Crippen LogP contribution in [0.5, 0.6) is 0 Å². The minimum Gasteiger partial charge on any atom is -2.00 e. The van der Waals surface area contributed by atoms with Crippen LogP contribution in [0.2, 0.25) is 0 Å². The van der Waals surface area contributed by atoms with Crippen LogP contribution in [0, 0.1) is 0 Å². The van der Waals surface area contributed by atoms with Gasteiger partial charge < -0.3 is 21.9 Å². The van der Waals surface area contributed by atoms with E-state index in [9.17, 15) is 0 Å². The molecule has 0 spiro atoms. The molecule has 6 heteroatoms. The maximum Gasteiger partial charge on any atom is 5.00 e. The van der Waals surface area contributed by atoms with Crippen LogP contribution in [0.3, 0.4) is 0 Å². The van der Waals surface area contributed by atoms with Crippen LogP contribution >= 0.6 is 0 Å². The molecular formula is NbO4Ru. The van der Waals surface area contributed by atoms with Gasteiger partial charge >= 0.3 is 41.9 Å².